The molecule has 0 N–H and O–H groups in total. The first-order chi connectivity index (χ1) is 17.6. The van der Waals surface area contributed by atoms with Crippen LogP contribution in [0.1, 0.15) is 21.7 Å². The topological polar surface area (TPSA) is 118 Å². The molecule has 4 rings (SSSR count). The minimum atomic E-state index is -5.07. The number of methoxy groups -OCH3 is 1. The first kappa shape index (κ1) is 25.2. The summed E-state index contributed by atoms with van der Waals surface area (Å²) in [6.45, 7) is -0.0391. The lowest BCUT2D eigenvalue weighted by atomic mass is 10.2. The Hall–Kier alpha value is -4.87. The molecule has 190 valence electrons. The molecule has 1 aromatic heterocycles. The normalized spacial score (nSPS) is 11.2. The van der Waals surface area contributed by atoms with E-state index in [1.54, 1.807) is 0 Å². The van der Waals surface area contributed by atoms with E-state index in [0.717, 1.165) is 6.07 Å². The fourth-order valence-electron chi connectivity index (χ4n) is 3.30. The van der Waals surface area contributed by atoms with Crippen LogP contribution >= 0.6 is 0 Å². The third-order valence-corrected chi connectivity index (χ3v) is 5.13. The number of nitro benzene ring substituents is 1. The second-order valence-electron chi connectivity index (χ2n) is 7.58. The van der Waals surface area contributed by atoms with Gasteiger partial charge in [0.2, 0.25) is 11.2 Å². The van der Waals surface area contributed by atoms with Gasteiger partial charge in [-0.1, -0.05) is 0 Å². The third kappa shape index (κ3) is 5.53. The zero-order valence-electron chi connectivity index (χ0n) is 18.9. The minimum absolute atomic E-state index is 0.0391. The van der Waals surface area contributed by atoms with Crippen molar-refractivity contribution < 1.29 is 41.5 Å². The van der Waals surface area contributed by atoms with Crippen molar-refractivity contribution >= 4 is 22.6 Å². The lowest BCUT2D eigenvalue weighted by Gasteiger charge is -2.14. The van der Waals surface area contributed by atoms with Crippen molar-refractivity contribution in [1.29, 1.82) is 0 Å². The highest BCUT2D eigenvalue weighted by molar-refractivity contribution is 5.89. The van der Waals surface area contributed by atoms with Gasteiger partial charge in [0.05, 0.1) is 23.0 Å². The molecule has 0 radical (unpaired) electrons. The molecule has 0 amide bonds. The van der Waals surface area contributed by atoms with E-state index in [4.69, 9.17) is 13.9 Å². The molecule has 0 saturated heterocycles. The monoisotopic (exact) mass is 515 g/mol. The molecular weight excluding hydrogens is 499 g/mol. The summed E-state index contributed by atoms with van der Waals surface area (Å²) in [5.41, 5.74) is -0.837. The summed E-state index contributed by atoms with van der Waals surface area (Å²) in [5, 5.41) is 10.6. The number of non-ortho nitro benzene ring substituents is 1. The fraction of sp³-hybridized carbons (Fsp3) is 0.120. The quantitative estimate of drug-likeness (QED) is 0.170. The molecule has 1 heterocycles. The molecule has 4 aromatic rings. The van der Waals surface area contributed by atoms with E-state index in [2.05, 4.69) is 4.74 Å². The van der Waals surface area contributed by atoms with Crippen molar-refractivity contribution in [2.45, 2.75) is 12.8 Å². The fourth-order valence-corrected chi connectivity index (χ4v) is 3.30. The highest BCUT2D eigenvalue weighted by Gasteiger charge is 2.40. The molecule has 0 aliphatic heterocycles. The van der Waals surface area contributed by atoms with Gasteiger partial charge in [0.25, 0.3) is 11.4 Å². The number of carbonyl (C=O) groups is 1. The summed E-state index contributed by atoms with van der Waals surface area (Å²) < 4.78 is 61.7. The van der Waals surface area contributed by atoms with Crippen LogP contribution in [-0.2, 0) is 17.5 Å². The Morgan fingerprint density at radius 1 is 1.00 bits per heavy atom. The van der Waals surface area contributed by atoms with Crippen LogP contribution in [0.2, 0.25) is 0 Å². The molecule has 9 nitrogen and oxygen atoms in total. The van der Waals surface area contributed by atoms with Gasteiger partial charge in [-0.25, -0.2) is 4.79 Å². The summed E-state index contributed by atoms with van der Waals surface area (Å²) in [7, 11) is 1.18. The highest BCUT2D eigenvalue weighted by Crippen LogP contribution is 2.38. The number of ether oxygens (including phenoxy) is 3. The summed E-state index contributed by atoms with van der Waals surface area (Å²) in [6.07, 6.45) is -5.07. The number of halogens is 3. The van der Waals surface area contributed by atoms with Crippen LogP contribution in [0.3, 0.4) is 0 Å². The van der Waals surface area contributed by atoms with E-state index >= 15 is 0 Å². The van der Waals surface area contributed by atoms with E-state index in [-0.39, 0.29) is 40.3 Å². The third-order valence-electron chi connectivity index (χ3n) is 5.13. The Bertz CT molecular complexity index is 1530. The Morgan fingerprint density at radius 2 is 1.65 bits per heavy atom. The van der Waals surface area contributed by atoms with Crippen LogP contribution in [0.4, 0.5) is 18.9 Å². The number of nitro groups is 1. The molecule has 0 unspecified atom stereocenters. The van der Waals surface area contributed by atoms with Crippen LogP contribution in [0.5, 0.6) is 17.2 Å². The van der Waals surface area contributed by atoms with Gasteiger partial charge in [-0.2, -0.15) is 13.2 Å². The van der Waals surface area contributed by atoms with Gasteiger partial charge in [0, 0.05) is 18.2 Å². The number of carbonyl (C=O) groups excluding carboxylic acids is 1. The molecule has 0 spiro atoms. The lowest BCUT2D eigenvalue weighted by Crippen LogP contribution is -2.15. The zero-order chi connectivity index (χ0) is 26.7. The first-order valence-electron chi connectivity index (χ1n) is 10.5. The molecule has 37 heavy (non-hydrogen) atoms. The maximum Gasteiger partial charge on any atom is 0.453 e. The lowest BCUT2D eigenvalue weighted by molar-refractivity contribution is -0.384. The van der Waals surface area contributed by atoms with Crippen molar-refractivity contribution in [1.82, 2.24) is 0 Å². The molecule has 0 atom stereocenters. The predicted molar refractivity (Wildman–Crippen MR) is 123 cm³/mol. The van der Waals surface area contributed by atoms with Crippen LogP contribution in [0.15, 0.2) is 75.9 Å². The van der Waals surface area contributed by atoms with Crippen molar-refractivity contribution in [3.8, 4) is 17.2 Å². The number of esters is 1. The first-order valence-corrected chi connectivity index (χ1v) is 10.5. The summed E-state index contributed by atoms with van der Waals surface area (Å²) in [5.74, 6) is -3.39. The molecule has 3 aromatic carbocycles. The molecule has 0 bridgehead atoms. The van der Waals surface area contributed by atoms with Gasteiger partial charge in [-0.3, -0.25) is 14.9 Å². The highest BCUT2D eigenvalue weighted by atomic mass is 19.4. The molecule has 0 aliphatic carbocycles. The molecular formula is C25H16F3NO8. The van der Waals surface area contributed by atoms with E-state index in [0.29, 0.717) is 5.56 Å². The Kier molecular flexibility index (Phi) is 6.83. The molecule has 12 heteroatoms. The van der Waals surface area contributed by atoms with E-state index < -0.39 is 34.0 Å². The zero-order valence-corrected chi connectivity index (χ0v) is 18.9. The van der Waals surface area contributed by atoms with E-state index in [1.807, 2.05) is 0 Å². The Morgan fingerprint density at radius 3 is 2.24 bits per heavy atom. The average molecular weight is 515 g/mol. The number of fused-ring (bicyclic) bond motifs is 1. The molecule has 0 saturated carbocycles. The molecule has 0 fully saturated rings. The van der Waals surface area contributed by atoms with Crippen molar-refractivity contribution in [2.24, 2.45) is 0 Å². The minimum Gasteiger partial charge on any atom is -0.489 e. The average Bonchev–Trinajstić information content (AvgIpc) is 2.88. The van der Waals surface area contributed by atoms with Crippen molar-refractivity contribution in [3.05, 3.63) is 104 Å². The van der Waals surface area contributed by atoms with Gasteiger partial charge in [0.15, 0.2) is 0 Å². The van der Waals surface area contributed by atoms with Crippen LogP contribution in [0, 0.1) is 10.1 Å². The second-order valence-corrected chi connectivity index (χ2v) is 7.58. The second kappa shape index (κ2) is 10.0. The van der Waals surface area contributed by atoms with Crippen molar-refractivity contribution in [2.75, 3.05) is 7.11 Å². The van der Waals surface area contributed by atoms with Crippen molar-refractivity contribution in [3.63, 3.8) is 0 Å². The Labute approximate surface area is 205 Å². The van der Waals surface area contributed by atoms with Gasteiger partial charge < -0.3 is 18.6 Å². The number of alkyl halides is 3. The summed E-state index contributed by atoms with van der Waals surface area (Å²) >= 11 is 0. The number of rotatable bonds is 7. The standard InChI is InChI=1S/C25H16F3NO8/c1-34-24(31)15-4-8-17(9-5-15)36-22-21(30)19-11-10-18(12-20(19)37-23(22)25(26,27)28)35-13-14-2-6-16(7-3-14)29(32)33/h2-12H,13H2,1H3. The Balaban J connectivity index is 1.64. The number of hydrogen-bond donors (Lipinski definition) is 0. The van der Waals surface area contributed by atoms with E-state index in [9.17, 15) is 32.9 Å². The molecule has 0 aliphatic rings. The summed E-state index contributed by atoms with van der Waals surface area (Å²) in [6, 6.07) is 14.2. The van der Waals surface area contributed by atoms with Gasteiger partial charge >= 0.3 is 12.1 Å². The number of nitrogens with zero attached hydrogens (tertiary/aromatic N) is 1. The van der Waals surface area contributed by atoms with E-state index in [1.165, 1.54) is 67.8 Å². The smallest absolute Gasteiger partial charge is 0.453 e. The maximum atomic E-state index is 13.8. The van der Waals surface area contributed by atoms with Crippen LogP contribution in [-0.4, -0.2) is 18.0 Å². The largest absolute Gasteiger partial charge is 0.489 e. The predicted octanol–water partition coefficient (Wildman–Crippen LogP) is 5.88. The van der Waals surface area contributed by atoms with Crippen LogP contribution < -0.4 is 14.9 Å². The number of benzene rings is 3. The van der Waals surface area contributed by atoms with Gasteiger partial charge in [-0.05, 0) is 54.1 Å². The summed E-state index contributed by atoms with van der Waals surface area (Å²) in [4.78, 5) is 34.7. The van der Waals surface area contributed by atoms with Gasteiger partial charge in [-0.15, -0.1) is 0 Å². The van der Waals surface area contributed by atoms with Gasteiger partial charge in [0.1, 0.15) is 23.7 Å². The SMILES string of the molecule is COC(=O)c1ccc(Oc2c(C(F)(F)F)oc3cc(OCc4ccc([N+](=O)[O-])cc4)ccc3c2=O)cc1. The number of hydrogen-bond acceptors (Lipinski definition) is 8. The maximum absolute atomic E-state index is 13.8. The van der Waals surface area contributed by atoms with Crippen LogP contribution in [0.25, 0.3) is 11.0 Å².